The van der Waals surface area contributed by atoms with E-state index in [2.05, 4.69) is 46.0 Å². The second kappa shape index (κ2) is 5.09. The van der Waals surface area contributed by atoms with E-state index in [4.69, 9.17) is 5.73 Å². The molecule has 0 spiro atoms. The summed E-state index contributed by atoms with van der Waals surface area (Å²) in [6.07, 6.45) is 1.06. The van der Waals surface area contributed by atoms with Crippen LogP contribution in [0.2, 0.25) is 0 Å². The van der Waals surface area contributed by atoms with Crippen molar-refractivity contribution in [3.05, 3.63) is 52.3 Å². The van der Waals surface area contributed by atoms with Gasteiger partial charge >= 0.3 is 0 Å². The smallest absolute Gasteiger partial charge is 0.139 e. The largest absolute Gasteiger partial charge is 0.397 e. The van der Waals surface area contributed by atoms with Crippen LogP contribution in [0.4, 0.5) is 21.5 Å². The number of para-hydroxylation sites is 1. The summed E-state index contributed by atoms with van der Waals surface area (Å²) >= 11 is 3.24. The van der Waals surface area contributed by atoms with Gasteiger partial charge in [0.2, 0.25) is 0 Å². The van der Waals surface area contributed by atoms with Crippen molar-refractivity contribution in [3.8, 4) is 0 Å². The molecule has 0 saturated heterocycles. The van der Waals surface area contributed by atoms with Gasteiger partial charge in [0.25, 0.3) is 0 Å². The Balaban J connectivity index is 2.13. The monoisotopic (exact) mass is 334 g/mol. The van der Waals surface area contributed by atoms with Crippen LogP contribution < -0.4 is 10.6 Å². The normalized spacial score (nSPS) is 17.9. The van der Waals surface area contributed by atoms with Crippen LogP contribution in [0.3, 0.4) is 0 Å². The van der Waals surface area contributed by atoms with Crippen molar-refractivity contribution in [2.45, 2.75) is 13.3 Å². The first-order valence-corrected chi connectivity index (χ1v) is 7.45. The predicted octanol–water partition coefficient (Wildman–Crippen LogP) is 4.50. The minimum absolute atomic E-state index is 0.329. The van der Waals surface area contributed by atoms with Crippen LogP contribution >= 0.6 is 15.9 Å². The molecule has 0 aromatic heterocycles. The lowest BCUT2D eigenvalue weighted by Gasteiger charge is -2.35. The number of hydrogen-bond acceptors (Lipinski definition) is 2. The fraction of sp³-hybridized carbons (Fsp3) is 0.250. The van der Waals surface area contributed by atoms with Gasteiger partial charge < -0.3 is 10.6 Å². The quantitative estimate of drug-likeness (QED) is 0.778. The lowest BCUT2D eigenvalue weighted by Crippen LogP contribution is -2.30. The van der Waals surface area contributed by atoms with E-state index < -0.39 is 0 Å². The summed E-state index contributed by atoms with van der Waals surface area (Å²) in [6.45, 7) is 3.11. The van der Waals surface area contributed by atoms with Crippen molar-refractivity contribution >= 4 is 33.0 Å². The maximum Gasteiger partial charge on any atom is 0.139 e. The van der Waals surface area contributed by atoms with E-state index in [0.717, 1.165) is 24.3 Å². The maximum atomic E-state index is 13.6. The number of hydrogen-bond donors (Lipinski definition) is 1. The lowest BCUT2D eigenvalue weighted by atomic mass is 9.93. The van der Waals surface area contributed by atoms with Gasteiger partial charge in [-0.2, -0.15) is 0 Å². The van der Waals surface area contributed by atoms with E-state index in [0.29, 0.717) is 16.1 Å². The second-order valence-corrected chi connectivity index (χ2v) is 6.23. The zero-order chi connectivity index (χ0) is 14.3. The van der Waals surface area contributed by atoms with E-state index in [1.54, 1.807) is 6.07 Å². The van der Waals surface area contributed by atoms with Gasteiger partial charge in [0.05, 0.1) is 15.8 Å². The topological polar surface area (TPSA) is 29.3 Å². The van der Waals surface area contributed by atoms with Crippen LogP contribution in [0.5, 0.6) is 0 Å². The Morgan fingerprint density at radius 2 is 2.00 bits per heavy atom. The molecule has 0 amide bonds. The highest BCUT2D eigenvalue weighted by molar-refractivity contribution is 9.10. The van der Waals surface area contributed by atoms with E-state index in [1.165, 1.54) is 11.6 Å². The van der Waals surface area contributed by atoms with E-state index >= 15 is 0 Å². The van der Waals surface area contributed by atoms with Crippen LogP contribution in [-0.2, 0) is 6.42 Å². The second-order valence-electron chi connectivity index (χ2n) is 5.37. The fourth-order valence-electron chi connectivity index (χ4n) is 2.81. The number of nitrogen functional groups attached to an aromatic ring is 1. The van der Waals surface area contributed by atoms with Crippen LogP contribution in [-0.4, -0.2) is 6.54 Å². The van der Waals surface area contributed by atoms with Crippen LogP contribution in [0.1, 0.15) is 12.5 Å². The summed E-state index contributed by atoms with van der Waals surface area (Å²) in [5.74, 6) is 0.206. The molecule has 1 atom stereocenters. The highest BCUT2D eigenvalue weighted by atomic mass is 79.9. The molecule has 0 saturated carbocycles. The number of nitrogens with two attached hydrogens (primary N) is 1. The van der Waals surface area contributed by atoms with E-state index in [-0.39, 0.29) is 5.82 Å². The molecular formula is C16H16BrFN2. The Hall–Kier alpha value is -1.55. The molecule has 1 heterocycles. The minimum atomic E-state index is -0.329. The zero-order valence-corrected chi connectivity index (χ0v) is 12.8. The Kier molecular flexibility index (Phi) is 3.42. The molecule has 0 aliphatic carbocycles. The summed E-state index contributed by atoms with van der Waals surface area (Å²) in [7, 11) is 0. The molecule has 3 rings (SSSR count). The van der Waals surface area contributed by atoms with Gasteiger partial charge in [-0.3, -0.25) is 0 Å². The molecule has 1 unspecified atom stereocenters. The van der Waals surface area contributed by atoms with Gasteiger partial charge in [0, 0.05) is 18.3 Å². The molecule has 2 N–H and O–H groups in total. The van der Waals surface area contributed by atoms with Crippen molar-refractivity contribution in [3.63, 3.8) is 0 Å². The number of anilines is 3. The fourth-order valence-corrected chi connectivity index (χ4v) is 3.14. The van der Waals surface area contributed by atoms with Crippen molar-refractivity contribution in [2.75, 3.05) is 17.2 Å². The molecule has 2 aromatic carbocycles. The average Bonchev–Trinajstić information content (AvgIpc) is 2.42. The SMILES string of the molecule is CC1Cc2ccccc2N(c2cc(Br)c(F)cc2N)C1. The molecule has 20 heavy (non-hydrogen) atoms. The van der Waals surface area contributed by atoms with Gasteiger partial charge in [-0.25, -0.2) is 4.39 Å². The molecule has 2 aromatic rings. The number of halogens is 2. The van der Waals surface area contributed by atoms with Gasteiger partial charge in [0.1, 0.15) is 5.82 Å². The molecular weight excluding hydrogens is 319 g/mol. The number of rotatable bonds is 1. The van der Waals surface area contributed by atoms with E-state index in [9.17, 15) is 4.39 Å². The zero-order valence-electron chi connectivity index (χ0n) is 11.2. The van der Waals surface area contributed by atoms with Gasteiger partial charge in [-0.1, -0.05) is 25.1 Å². The number of nitrogens with zero attached hydrogens (tertiary/aromatic N) is 1. The summed E-state index contributed by atoms with van der Waals surface area (Å²) < 4.78 is 14.0. The first-order valence-electron chi connectivity index (χ1n) is 6.66. The van der Waals surface area contributed by atoms with Crippen molar-refractivity contribution in [2.24, 2.45) is 5.92 Å². The van der Waals surface area contributed by atoms with Crippen molar-refractivity contribution < 1.29 is 4.39 Å². The lowest BCUT2D eigenvalue weighted by molar-refractivity contribution is 0.562. The Morgan fingerprint density at radius 3 is 2.80 bits per heavy atom. The third kappa shape index (κ3) is 2.29. The van der Waals surface area contributed by atoms with Crippen LogP contribution in [0.25, 0.3) is 0 Å². The highest BCUT2D eigenvalue weighted by Crippen LogP contribution is 2.39. The molecule has 2 nitrogen and oxygen atoms in total. The van der Waals surface area contributed by atoms with Gasteiger partial charge in [-0.05, 0) is 46.0 Å². The summed E-state index contributed by atoms with van der Waals surface area (Å²) in [5, 5.41) is 0. The molecule has 1 aliphatic heterocycles. The summed E-state index contributed by atoms with van der Waals surface area (Å²) in [6, 6.07) is 11.5. The van der Waals surface area contributed by atoms with Crippen LogP contribution in [0.15, 0.2) is 40.9 Å². The maximum absolute atomic E-state index is 13.6. The highest BCUT2D eigenvalue weighted by Gasteiger charge is 2.24. The first kappa shape index (κ1) is 13.4. The van der Waals surface area contributed by atoms with Crippen molar-refractivity contribution in [1.82, 2.24) is 0 Å². The third-order valence-corrected chi connectivity index (χ3v) is 4.31. The molecule has 1 aliphatic rings. The van der Waals surface area contributed by atoms with Gasteiger partial charge in [-0.15, -0.1) is 0 Å². The minimum Gasteiger partial charge on any atom is -0.397 e. The van der Waals surface area contributed by atoms with Crippen molar-refractivity contribution in [1.29, 1.82) is 0 Å². The third-order valence-electron chi connectivity index (χ3n) is 3.71. The number of fused-ring (bicyclic) bond motifs is 1. The molecule has 0 radical (unpaired) electrons. The van der Waals surface area contributed by atoms with Gasteiger partial charge in [0.15, 0.2) is 0 Å². The molecule has 0 fully saturated rings. The average molecular weight is 335 g/mol. The molecule has 104 valence electrons. The number of benzene rings is 2. The standard InChI is InChI=1S/C16H16BrFN2/c1-10-6-11-4-2-3-5-15(11)20(9-10)16-7-12(17)13(18)8-14(16)19/h2-5,7-8,10H,6,9,19H2,1H3. The first-order chi connectivity index (χ1) is 9.56. The molecule has 4 heteroatoms. The van der Waals surface area contributed by atoms with E-state index in [1.807, 2.05) is 6.07 Å². The Bertz CT molecular complexity index is 657. The predicted molar refractivity (Wildman–Crippen MR) is 84.8 cm³/mol. The Labute approximate surface area is 126 Å². The summed E-state index contributed by atoms with van der Waals surface area (Å²) in [5.41, 5.74) is 9.82. The molecule has 0 bridgehead atoms. The van der Waals surface area contributed by atoms with Crippen LogP contribution in [0, 0.1) is 11.7 Å². The Morgan fingerprint density at radius 1 is 1.25 bits per heavy atom. The summed E-state index contributed by atoms with van der Waals surface area (Å²) in [4.78, 5) is 2.18.